The largest absolute Gasteiger partial charge is 0.312 e. The van der Waals surface area contributed by atoms with Gasteiger partial charge in [-0.25, -0.2) is 12.8 Å². The highest BCUT2D eigenvalue weighted by Gasteiger charge is 2.31. The van der Waals surface area contributed by atoms with Crippen molar-refractivity contribution in [2.24, 2.45) is 0 Å². The minimum Gasteiger partial charge on any atom is -0.312 e. The molecule has 1 atom stereocenters. The van der Waals surface area contributed by atoms with Gasteiger partial charge >= 0.3 is 0 Å². The lowest BCUT2D eigenvalue weighted by Crippen LogP contribution is -2.18. The van der Waals surface area contributed by atoms with E-state index in [1.165, 1.54) is 6.07 Å². The first kappa shape index (κ1) is 18.1. The SMILES string of the molecule is Cc1nn(C2CCS(=O)(=O)C2)c(C)c1CNCCc1ccccc1F. The van der Waals surface area contributed by atoms with Crippen molar-refractivity contribution in [3.05, 3.63) is 52.6 Å². The molecule has 1 N–H and O–H groups in total. The van der Waals surface area contributed by atoms with Gasteiger partial charge in [-0.3, -0.25) is 4.68 Å². The lowest BCUT2D eigenvalue weighted by molar-refractivity contribution is 0.485. The molecule has 1 aliphatic heterocycles. The van der Waals surface area contributed by atoms with E-state index >= 15 is 0 Å². The molecular weight excluding hydrogens is 341 g/mol. The molecule has 0 spiro atoms. The Morgan fingerprint density at radius 3 is 2.76 bits per heavy atom. The molecule has 0 saturated carbocycles. The molecule has 0 amide bonds. The van der Waals surface area contributed by atoms with Crippen molar-refractivity contribution in [1.29, 1.82) is 0 Å². The second-order valence-electron chi connectivity index (χ2n) is 6.67. The summed E-state index contributed by atoms with van der Waals surface area (Å²) in [5.74, 6) is 0.244. The van der Waals surface area contributed by atoms with E-state index in [1.54, 1.807) is 12.1 Å². The fourth-order valence-corrected chi connectivity index (χ4v) is 5.11. The van der Waals surface area contributed by atoms with Crippen molar-refractivity contribution in [2.45, 2.75) is 39.3 Å². The van der Waals surface area contributed by atoms with E-state index in [9.17, 15) is 12.8 Å². The van der Waals surface area contributed by atoms with Crippen LogP contribution in [0.25, 0.3) is 0 Å². The predicted octanol–water partition coefficient (Wildman–Crippen LogP) is 2.33. The van der Waals surface area contributed by atoms with Gasteiger partial charge in [0.05, 0.1) is 23.2 Å². The molecule has 1 aliphatic rings. The molecule has 136 valence electrons. The van der Waals surface area contributed by atoms with Crippen molar-refractivity contribution in [1.82, 2.24) is 15.1 Å². The summed E-state index contributed by atoms with van der Waals surface area (Å²) in [6.45, 7) is 5.24. The molecule has 0 aliphatic carbocycles. The van der Waals surface area contributed by atoms with E-state index in [4.69, 9.17) is 0 Å². The van der Waals surface area contributed by atoms with Crippen LogP contribution in [0.5, 0.6) is 0 Å². The molecule has 0 bridgehead atoms. The summed E-state index contributed by atoms with van der Waals surface area (Å²) in [4.78, 5) is 0. The Labute approximate surface area is 148 Å². The van der Waals surface area contributed by atoms with Crippen LogP contribution in [0.3, 0.4) is 0 Å². The Bertz CT molecular complexity index is 861. The molecule has 25 heavy (non-hydrogen) atoms. The number of hydrogen-bond donors (Lipinski definition) is 1. The minimum atomic E-state index is -2.93. The maximum absolute atomic E-state index is 13.6. The van der Waals surface area contributed by atoms with E-state index < -0.39 is 9.84 Å². The average molecular weight is 365 g/mol. The zero-order valence-corrected chi connectivity index (χ0v) is 15.4. The average Bonchev–Trinajstić information content (AvgIpc) is 3.05. The van der Waals surface area contributed by atoms with Crippen LogP contribution >= 0.6 is 0 Å². The predicted molar refractivity (Wildman–Crippen MR) is 95.8 cm³/mol. The third-order valence-electron chi connectivity index (χ3n) is 4.86. The number of halogens is 1. The third-order valence-corrected chi connectivity index (χ3v) is 6.61. The molecule has 0 radical (unpaired) electrons. The first-order valence-corrected chi connectivity index (χ1v) is 10.4. The molecule has 5 nitrogen and oxygen atoms in total. The van der Waals surface area contributed by atoms with Crippen LogP contribution in [0.1, 0.15) is 35.0 Å². The summed E-state index contributed by atoms with van der Waals surface area (Å²) >= 11 is 0. The Morgan fingerprint density at radius 2 is 2.08 bits per heavy atom. The fourth-order valence-electron chi connectivity index (χ4n) is 3.41. The molecule has 1 aromatic carbocycles. The highest BCUT2D eigenvalue weighted by molar-refractivity contribution is 7.91. The monoisotopic (exact) mass is 365 g/mol. The summed E-state index contributed by atoms with van der Waals surface area (Å²) in [7, 11) is -2.93. The molecule has 2 heterocycles. The number of aromatic nitrogens is 2. The van der Waals surface area contributed by atoms with Crippen LogP contribution in [0, 0.1) is 19.7 Å². The van der Waals surface area contributed by atoms with Crippen molar-refractivity contribution in [3.8, 4) is 0 Å². The Balaban J connectivity index is 1.61. The van der Waals surface area contributed by atoms with Crippen molar-refractivity contribution in [3.63, 3.8) is 0 Å². The number of nitrogens with one attached hydrogen (secondary N) is 1. The molecule has 1 aromatic heterocycles. The molecule has 1 saturated heterocycles. The number of hydrogen-bond acceptors (Lipinski definition) is 4. The van der Waals surface area contributed by atoms with E-state index in [0.29, 0.717) is 31.5 Å². The third kappa shape index (κ3) is 4.10. The standard InChI is InChI=1S/C18H24FN3O2S/c1-13-17(11-20-9-7-15-5-3-4-6-18(15)19)14(2)22(21-13)16-8-10-25(23,24)12-16/h3-6,16,20H,7-12H2,1-2H3. The first-order valence-electron chi connectivity index (χ1n) is 8.56. The first-order chi connectivity index (χ1) is 11.9. The van der Waals surface area contributed by atoms with Crippen LogP contribution in [-0.4, -0.2) is 36.2 Å². The summed E-state index contributed by atoms with van der Waals surface area (Å²) in [5, 5.41) is 7.90. The normalized spacial score (nSPS) is 19.4. The van der Waals surface area contributed by atoms with Crippen molar-refractivity contribution in [2.75, 3.05) is 18.1 Å². The summed E-state index contributed by atoms with van der Waals surface area (Å²) in [5.41, 5.74) is 3.73. The van der Waals surface area contributed by atoms with Crippen LogP contribution in [0.15, 0.2) is 24.3 Å². The summed E-state index contributed by atoms with van der Waals surface area (Å²) in [6, 6.07) is 6.74. The fraction of sp³-hybridized carbons (Fsp3) is 0.500. The van der Waals surface area contributed by atoms with Gasteiger partial charge < -0.3 is 5.32 Å². The second kappa shape index (κ2) is 7.25. The van der Waals surface area contributed by atoms with Gasteiger partial charge in [0.15, 0.2) is 9.84 Å². The number of benzene rings is 1. The zero-order valence-electron chi connectivity index (χ0n) is 14.6. The number of rotatable bonds is 6. The van der Waals surface area contributed by atoms with Crippen molar-refractivity contribution < 1.29 is 12.8 Å². The summed E-state index contributed by atoms with van der Waals surface area (Å²) < 4.78 is 38.9. The molecule has 3 rings (SSSR count). The van der Waals surface area contributed by atoms with E-state index in [2.05, 4.69) is 10.4 Å². The molecule has 2 aromatic rings. The van der Waals surface area contributed by atoms with Crippen molar-refractivity contribution >= 4 is 9.84 Å². The Morgan fingerprint density at radius 1 is 1.32 bits per heavy atom. The van der Waals surface area contributed by atoms with Gasteiger partial charge in [0.2, 0.25) is 0 Å². The Hall–Kier alpha value is -1.73. The quantitative estimate of drug-likeness (QED) is 0.798. The van der Waals surface area contributed by atoms with Gasteiger partial charge in [-0.15, -0.1) is 0 Å². The Kier molecular flexibility index (Phi) is 5.24. The lowest BCUT2D eigenvalue weighted by Gasteiger charge is -2.12. The minimum absolute atomic E-state index is 0.0594. The zero-order chi connectivity index (χ0) is 18.0. The molecule has 1 fully saturated rings. The van der Waals surface area contributed by atoms with E-state index in [1.807, 2.05) is 24.6 Å². The van der Waals surface area contributed by atoms with Gasteiger partial charge in [-0.1, -0.05) is 18.2 Å². The number of sulfone groups is 1. The van der Waals surface area contributed by atoms with E-state index in [-0.39, 0.29) is 23.4 Å². The van der Waals surface area contributed by atoms with Crippen LogP contribution < -0.4 is 5.32 Å². The van der Waals surface area contributed by atoms with Crippen LogP contribution in [0.4, 0.5) is 4.39 Å². The maximum Gasteiger partial charge on any atom is 0.152 e. The highest BCUT2D eigenvalue weighted by Crippen LogP contribution is 2.26. The smallest absolute Gasteiger partial charge is 0.152 e. The topological polar surface area (TPSA) is 64.0 Å². The van der Waals surface area contributed by atoms with Gasteiger partial charge in [-0.05, 0) is 44.9 Å². The van der Waals surface area contributed by atoms with E-state index in [0.717, 1.165) is 17.0 Å². The number of nitrogens with zero attached hydrogens (tertiary/aromatic N) is 2. The van der Waals surface area contributed by atoms with Gasteiger partial charge in [0.1, 0.15) is 5.82 Å². The molecular formula is C18H24FN3O2S. The summed E-state index contributed by atoms with van der Waals surface area (Å²) in [6.07, 6.45) is 1.25. The lowest BCUT2D eigenvalue weighted by atomic mass is 10.1. The highest BCUT2D eigenvalue weighted by atomic mass is 32.2. The maximum atomic E-state index is 13.6. The van der Waals surface area contributed by atoms with Gasteiger partial charge in [0.25, 0.3) is 0 Å². The molecule has 1 unspecified atom stereocenters. The van der Waals surface area contributed by atoms with Crippen LogP contribution in [-0.2, 0) is 22.8 Å². The van der Waals surface area contributed by atoms with Gasteiger partial charge in [0, 0.05) is 17.8 Å². The second-order valence-corrected chi connectivity index (χ2v) is 8.90. The number of aryl methyl sites for hydroxylation is 1. The molecule has 7 heteroatoms. The van der Waals surface area contributed by atoms with Gasteiger partial charge in [-0.2, -0.15) is 5.10 Å². The van der Waals surface area contributed by atoms with Crippen LogP contribution in [0.2, 0.25) is 0 Å².